The quantitative estimate of drug-likeness (QED) is 0.191. The van der Waals surface area contributed by atoms with Gasteiger partial charge in [-0.25, -0.2) is 4.79 Å². The lowest BCUT2D eigenvalue weighted by atomic mass is 9.68. The number of esters is 1. The van der Waals surface area contributed by atoms with Crippen molar-refractivity contribution < 1.29 is 22.5 Å². The van der Waals surface area contributed by atoms with Crippen LogP contribution in [0.25, 0.3) is 0 Å². The van der Waals surface area contributed by atoms with Crippen LogP contribution in [0.5, 0.6) is 0 Å². The molecule has 1 rings (SSSR count). The molecule has 0 saturated heterocycles. The van der Waals surface area contributed by atoms with Gasteiger partial charge in [0.15, 0.2) is 0 Å². The molecule has 6 nitrogen and oxygen atoms in total. The molecular formula is C18H27NO5S. The normalized spacial score (nSPS) is 26.0. The van der Waals surface area contributed by atoms with Gasteiger partial charge < -0.3 is 10.1 Å². The molecule has 0 amide bonds. The second-order valence-electron chi connectivity index (χ2n) is 6.42. The number of carbonyl (C=O) groups excluding carboxylic acids is 1. The summed E-state index contributed by atoms with van der Waals surface area (Å²) >= 11 is 0. The third-order valence-electron chi connectivity index (χ3n) is 5.10. The number of carbonyl (C=O) groups is 1. The summed E-state index contributed by atoms with van der Waals surface area (Å²) in [5, 5.41) is 7.01. The number of nitrogens with one attached hydrogen (secondary N) is 1. The van der Waals surface area contributed by atoms with Crippen molar-refractivity contribution in [1.82, 2.24) is 0 Å². The first-order valence-electron chi connectivity index (χ1n) is 8.28. The predicted molar refractivity (Wildman–Crippen MR) is 98.2 cm³/mol. The molecule has 0 spiro atoms. The molecule has 0 radical (unpaired) electrons. The number of allylic oxidation sites excluding steroid dienone is 2. The van der Waals surface area contributed by atoms with Crippen molar-refractivity contribution in [3.05, 3.63) is 37.5 Å². The van der Waals surface area contributed by atoms with Crippen LogP contribution >= 0.6 is 0 Å². The maximum absolute atomic E-state index is 11.6. The van der Waals surface area contributed by atoms with E-state index in [-0.39, 0.29) is 35.2 Å². The van der Waals surface area contributed by atoms with Crippen LogP contribution < -0.4 is 0 Å². The number of rotatable bonds is 11. The Morgan fingerprint density at radius 2 is 2.04 bits per heavy atom. The molecule has 25 heavy (non-hydrogen) atoms. The molecule has 7 heteroatoms. The van der Waals surface area contributed by atoms with Gasteiger partial charge in [0.1, 0.15) is 0 Å². The van der Waals surface area contributed by atoms with Gasteiger partial charge in [-0.1, -0.05) is 18.7 Å². The Morgan fingerprint density at radius 3 is 2.56 bits per heavy atom. The topological polar surface area (TPSA) is 105 Å². The van der Waals surface area contributed by atoms with Crippen molar-refractivity contribution in [2.24, 2.45) is 17.3 Å². The van der Waals surface area contributed by atoms with Gasteiger partial charge in [-0.2, -0.15) is 8.42 Å². The number of ether oxygens (including phenoxy) is 1. The van der Waals surface area contributed by atoms with Crippen LogP contribution in [0.3, 0.4) is 0 Å². The van der Waals surface area contributed by atoms with Crippen molar-refractivity contribution in [2.75, 3.05) is 12.4 Å². The van der Waals surface area contributed by atoms with E-state index in [4.69, 9.17) is 14.7 Å². The van der Waals surface area contributed by atoms with Gasteiger partial charge in [0.25, 0.3) is 10.1 Å². The fraction of sp³-hybridized carbons (Fsp3) is 0.556. The summed E-state index contributed by atoms with van der Waals surface area (Å²) in [5.74, 6) is -0.529. The summed E-state index contributed by atoms with van der Waals surface area (Å²) < 4.78 is 35.9. The van der Waals surface area contributed by atoms with Crippen LogP contribution in [0.15, 0.2) is 37.5 Å². The van der Waals surface area contributed by atoms with E-state index in [0.717, 1.165) is 19.1 Å². The second kappa shape index (κ2) is 9.10. The average molecular weight is 369 g/mol. The highest BCUT2D eigenvalue weighted by Crippen LogP contribution is 2.53. The largest absolute Gasteiger partial charge is 0.462 e. The first kappa shape index (κ1) is 21.3. The number of hydrogen-bond acceptors (Lipinski definition) is 5. The minimum Gasteiger partial charge on any atom is -0.462 e. The summed E-state index contributed by atoms with van der Waals surface area (Å²) in [7, 11) is -3.97. The zero-order valence-electron chi connectivity index (χ0n) is 14.4. The maximum Gasteiger partial charge on any atom is 0.339 e. The van der Waals surface area contributed by atoms with E-state index in [9.17, 15) is 13.2 Å². The third-order valence-corrected chi connectivity index (χ3v) is 5.91. The molecule has 1 fully saturated rings. The Hall–Kier alpha value is -1.73. The van der Waals surface area contributed by atoms with Crippen LogP contribution in [-0.2, 0) is 19.6 Å². The molecule has 1 saturated carbocycles. The lowest BCUT2D eigenvalue weighted by molar-refractivity contribution is -0.139. The molecular weight excluding hydrogens is 342 g/mol. The minimum absolute atomic E-state index is 0.0101. The number of hydrogen-bond donors (Lipinski definition) is 2. The van der Waals surface area contributed by atoms with Gasteiger partial charge in [0.05, 0.1) is 17.9 Å². The van der Waals surface area contributed by atoms with Crippen molar-refractivity contribution in [3.63, 3.8) is 0 Å². The second-order valence-corrected chi connectivity index (χ2v) is 7.99. The summed E-state index contributed by atoms with van der Waals surface area (Å²) in [4.78, 5) is 11.6. The Kier molecular flexibility index (Phi) is 7.76. The molecule has 0 aromatic rings. The van der Waals surface area contributed by atoms with Gasteiger partial charge in [0.2, 0.25) is 0 Å². The molecule has 1 aliphatic carbocycles. The molecule has 0 aromatic carbocycles. The van der Waals surface area contributed by atoms with Crippen molar-refractivity contribution in [3.8, 4) is 0 Å². The summed E-state index contributed by atoms with van der Waals surface area (Å²) in [5.41, 5.74) is -0.336. The van der Waals surface area contributed by atoms with Crippen LogP contribution in [0.4, 0.5) is 0 Å². The zero-order chi connectivity index (χ0) is 19.1. The van der Waals surface area contributed by atoms with E-state index in [0.29, 0.717) is 19.3 Å². The standard InChI is InChI=1S/C18H27NO5S/c1-4-15-8-9-16(7-6-12-25(21,22)23)18(15,5-2)10-11-24-17(20)14(3)13-19/h4-5,13,15-16,19H,1-3,6-12H2,(H,21,22,23). The van der Waals surface area contributed by atoms with Crippen molar-refractivity contribution in [1.29, 1.82) is 5.41 Å². The average Bonchev–Trinajstić information content (AvgIpc) is 2.90. The molecule has 0 aliphatic heterocycles. The summed E-state index contributed by atoms with van der Waals surface area (Å²) in [6.07, 6.45) is 7.95. The molecule has 0 bridgehead atoms. The molecule has 3 unspecified atom stereocenters. The summed E-state index contributed by atoms with van der Waals surface area (Å²) in [6, 6.07) is 0. The van der Waals surface area contributed by atoms with Crippen LogP contribution in [0.1, 0.15) is 32.1 Å². The van der Waals surface area contributed by atoms with E-state index >= 15 is 0 Å². The van der Waals surface area contributed by atoms with E-state index in [1.807, 2.05) is 12.2 Å². The molecule has 3 atom stereocenters. The highest BCUT2D eigenvalue weighted by Gasteiger charge is 2.46. The molecule has 0 heterocycles. The summed E-state index contributed by atoms with van der Waals surface area (Å²) in [6.45, 7) is 11.4. The Labute approximate surface area is 149 Å². The Morgan fingerprint density at radius 1 is 1.36 bits per heavy atom. The molecule has 140 valence electrons. The van der Waals surface area contributed by atoms with E-state index in [1.54, 1.807) is 0 Å². The Bertz CT molecular complexity index is 640. The van der Waals surface area contributed by atoms with Gasteiger partial charge in [0, 0.05) is 11.6 Å². The van der Waals surface area contributed by atoms with Crippen molar-refractivity contribution in [2.45, 2.75) is 32.1 Å². The highest BCUT2D eigenvalue weighted by atomic mass is 32.2. The lowest BCUT2D eigenvalue weighted by Crippen LogP contribution is -2.31. The van der Waals surface area contributed by atoms with Crippen LogP contribution in [0.2, 0.25) is 0 Å². The molecule has 0 aromatic heterocycles. The highest BCUT2D eigenvalue weighted by molar-refractivity contribution is 7.85. The molecule has 1 aliphatic rings. The van der Waals surface area contributed by atoms with Crippen LogP contribution in [0, 0.1) is 22.7 Å². The zero-order valence-corrected chi connectivity index (χ0v) is 15.3. The van der Waals surface area contributed by atoms with Gasteiger partial charge in [-0.15, -0.1) is 13.2 Å². The predicted octanol–water partition coefficient (Wildman–Crippen LogP) is 3.18. The first-order chi connectivity index (χ1) is 11.7. The van der Waals surface area contributed by atoms with Gasteiger partial charge >= 0.3 is 5.97 Å². The minimum atomic E-state index is -3.97. The first-order valence-corrected chi connectivity index (χ1v) is 9.89. The molecule has 2 N–H and O–H groups in total. The third kappa shape index (κ3) is 5.64. The smallest absolute Gasteiger partial charge is 0.339 e. The maximum atomic E-state index is 11.6. The van der Waals surface area contributed by atoms with Crippen molar-refractivity contribution >= 4 is 22.3 Å². The van der Waals surface area contributed by atoms with Crippen LogP contribution in [-0.4, -0.2) is 37.5 Å². The van der Waals surface area contributed by atoms with E-state index < -0.39 is 16.1 Å². The lowest BCUT2D eigenvalue weighted by Gasteiger charge is -2.37. The van der Waals surface area contributed by atoms with E-state index in [2.05, 4.69) is 19.7 Å². The monoisotopic (exact) mass is 369 g/mol. The fourth-order valence-electron chi connectivity index (χ4n) is 3.77. The fourth-order valence-corrected chi connectivity index (χ4v) is 4.30. The Balaban J connectivity index is 2.78. The van der Waals surface area contributed by atoms with Gasteiger partial charge in [-0.3, -0.25) is 4.55 Å². The van der Waals surface area contributed by atoms with E-state index in [1.165, 1.54) is 0 Å². The van der Waals surface area contributed by atoms with Gasteiger partial charge in [-0.05, 0) is 43.9 Å². The SMILES string of the molecule is C=CC1CCC(CCCS(=O)(=O)O)C1(C=C)CCOC(=O)C(=C)C=N.